The van der Waals surface area contributed by atoms with E-state index in [1.54, 1.807) is 0 Å². The number of pyridine rings is 1. The normalized spacial score (nSPS) is 10.9. The Hall–Kier alpha value is -1.13. The van der Waals surface area contributed by atoms with Gasteiger partial charge in [-0.15, -0.1) is 0 Å². The molecule has 0 aromatic carbocycles. The summed E-state index contributed by atoms with van der Waals surface area (Å²) < 4.78 is 0. The van der Waals surface area contributed by atoms with Crippen molar-refractivity contribution in [3.05, 3.63) is 23.9 Å². The molecule has 0 atom stereocenters. The zero-order chi connectivity index (χ0) is 12.7. The summed E-state index contributed by atoms with van der Waals surface area (Å²) >= 11 is 0. The molecule has 4 nitrogen and oxygen atoms in total. The zero-order valence-electron chi connectivity index (χ0n) is 11.0. The van der Waals surface area contributed by atoms with Crippen molar-refractivity contribution in [1.29, 1.82) is 0 Å². The Morgan fingerprint density at radius 2 is 2.18 bits per heavy atom. The van der Waals surface area contributed by atoms with E-state index in [0.717, 1.165) is 18.9 Å². The van der Waals surface area contributed by atoms with Crippen molar-refractivity contribution in [2.45, 2.75) is 33.4 Å². The number of aliphatic hydroxyl groups is 1. The molecular weight excluding hydrogens is 214 g/mol. The largest absolute Gasteiger partial charge is 0.395 e. The van der Waals surface area contributed by atoms with Crippen molar-refractivity contribution in [3.8, 4) is 0 Å². The second kappa shape index (κ2) is 7.25. The molecule has 17 heavy (non-hydrogen) atoms. The van der Waals surface area contributed by atoms with E-state index in [4.69, 9.17) is 5.11 Å². The van der Waals surface area contributed by atoms with Crippen LogP contribution in [0.3, 0.4) is 0 Å². The van der Waals surface area contributed by atoms with Gasteiger partial charge >= 0.3 is 0 Å². The molecule has 0 saturated heterocycles. The zero-order valence-corrected chi connectivity index (χ0v) is 11.0. The van der Waals surface area contributed by atoms with E-state index in [-0.39, 0.29) is 6.61 Å². The SMILES string of the molecule is CCNCc1ccc(N(CCO)C(C)C)nc1. The molecule has 2 N–H and O–H groups in total. The molecule has 96 valence electrons. The lowest BCUT2D eigenvalue weighted by atomic mass is 10.2. The summed E-state index contributed by atoms with van der Waals surface area (Å²) in [6.45, 7) is 8.88. The van der Waals surface area contributed by atoms with E-state index in [2.05, 4.69) is 42.0 Å². The fourth-order valence-corrected chi connectivity index (χ4v) is 1.71. The number of aromatic nitrogens is 1. The summed E-state index contributed by atoms with van der Waals surface area (Å²) in [6.07, 6.45) is 1.89. The van der Waals surface area contributed by atoms with Gasteiger partial charge in [0, 0.05) is 25.3 Å². The van der Waals surface area contributed by atoms with E-state index < -0.39 is 0 Å². The van der Waals surface area contributed by atoms with Gasteiger partial charge in [-0.2, -0.15) is 0 Å². The molecule has 0 unspecified atom stereocenters. The predicted molar refractivity (Wildman–Crippen MR) is 71.2 cm³/mol. The first-order valence-corrected chi connectivity index (χ1v) is 6.22. The molecule has 0 aliphatic heterocycles. The van der Waals surface area contributed by atoms with Crippen LogP contribution in [0.25, 0.3) is 0 Å². The minimum absolute atomic E-state index is 0.152. The number of nitrogens with zero attached hydrogens (tertiary/aromatic N) is 2. The summed E-state index contributed by atoms with van der Waals surface area (Å²) in [6, 6.07) is 4.44. The smallest absolute Gasteiger partial charge is 0.128 e. The van der Waals surface area contributed by atoms with Crippen LogP contribution in [0.15, 0.2) is 18.3 Å². The number of aliphatic hydroxyl groups excluding tert-OH is 1. The number of nitrogens with one attached hydrogen (secondary N) is 1. The highest BCUT2D eigenvalue weighted by Crippen LogP contribution is 2.14. The van der Waals surface area contributed by atoms with E-state index in [0.29, 0.717) is 12.6 Å². The summed E-state index contributed by atoms with van der Waals surface area (Å²) in [5.74, 6) is 0.925. The van der Waals surface area contributed by atoms with Gasteiger partial charge < -0.3 is 15.3 Å². The fourth-order valence-electron chi connectivity index (χ4n) is 1.71. The Labute approximate surface area is 104 Å². The maximum absolute atomic E-state index is 9.04. The van der Waals surface area contributed by atoms with Crippen molar-refractivity contribution < 1.29 is 5.11 Å². The van der Waals surface area contributed by atoms with E-state index in [1.807, 2.05) is 12.3 Å². The third-order valence-electron chi connectivity index (χ3n) is 2.65. The van der Waals surface area contributed by atoms with Crippen molar-refractivity contribution in [2.24, 2.45) is 0 Å². The number of rotatable bonds is 7. The lowest BCUT2D eigenvalue weighted by molar-refractivity contribution is 0.298. The lowest BCUT2D eigenvalue weighted by Gasteiger charge is -2.27. The highest BCUT2D eigenvalue weighted by Gasteiger charge is 2.10. The first-order chi connectivity index (χ1) is 8.19. The molecule has 1 aromatic rings. The lowest BCUT2D eigenvalue weighted by Crippen LogP contribution is -2.34. The summed E-state index contributed by atoms with van der Waals surface area (Å²) in [5, 5.41) is 12.3. The Balaban J connectivity index is 2.70. The predicted octanol–water partition coefficient (Wildman–Crippen LogP) is 1.40. The average Bonchev–Trinajstić information content (AvgIpc) is 2.34. The molecule has 0 fully saturated rings. The Kier molecular flexibility index (Phi) is 5.94. The molecule has 0 aliphatic rings. The van der Waals surface area contributed by atoms with Crippen LogP contribution in [-0.2, 0) is 6.54 Å². The van der Waals surface area contributed by atoms with Crippen LogP contribution in [-0.4, -0.2) is 35.8 Å². The van der Waals surface area contributed by atoms with Crippen LogP contribution in [0.1, 0.15) is 26.3 Å². The van der Waals surface area contributed by atoms with E-state index in [1.165, 1.54) is 5.56 Å². The summed E-state index contributed by atoms with van der Waals surface area (Å²) in [5.41, 5.74) is 1.18. The molecule has 4 heteroatoms. The molecule has 0 spiro atoms. The van der Waals surface area contributed by atoms with Gasteiger partial charge in [0.15, 0.2) is 0 Å². The second-order valence-electron chi connectivity index (χ2n) is 4.32. The van der Waals surface area contributed by atoms with Crippen LogP contribution in [0.4, 0.5) is 5.82 Å². The van der Waals surface area contributed by atoms with Gasteiger partial charge in [-0.3, -0.25) is 0 Å². The number of hydrogen-bond donors (Lipinski definition) is 2. The molecule has 0 bridgehead atoms. The van der Waals surface area contributed by atoms with Crippen molar-refractivity contribution in [1.82, 2.24) is 10.3 Å². The quantitative estimate of drug-likeness (QED) is 0.752. The van der Waals surface area contributed by atoms with Crippen molar-refractivity contribution in [2.75, 3.05) is 24.6 Å². The monoisotopic (exact) mass is 237 g/mol. The third kappa shape index (κ3) is 4.32. The van der Waals surface area contributed by atoms with Crippen LogP contribution in [0.2, 0.25) is 0 Å². The second-order valence-corrected chi connectivity index (χ2v) is 4.32. The van der Waals surface area contributed by atoms with Gasteiger partial charge in [0.25, 0.3) is 0 Å². The minimum atomic E-state index is 0.152. The van der Waals surface area contributed by atoms with E-state index in [9.17, 15) is 0 Å². The van der Waals surface area contributed by atoms with Crippen LogP contribution >= 0.6 is 0 Å². The number of hydrogen-bond acceptors (Lipinski definition) is 4. The maximum atomic E-state index is 9.04. The first kappa shape index (κ1) is 13.9. The molecule has 0 saturated carbocycles. The van der Waals surface area contributed by atoms with Gasteiger partial charge in [-0.25, -0.2) is 4.98 Å². The third-order valence-corrected chi connectivity index (χ3v) is 2.65. The van der Waals surface area contributed by atoms with Gasteiger partial charge in [0.2, 0.25) is 0 Å². The standard InChI is InChI=1S/C13H23N3O/c1-4-14-9-12-5-6-13(15-10-12)16(7-8-17)11(2)3/h5-6,10-11,14,17H,4,7-9H2,1-3H3. The molecule has 0 amide bonds. The van der Waals surface area contributed by atoms with Gasteiger partial charge in [-0.05, 0) is 32.0 Å². The summed E-state index contributed by atoms with van der Waals surface area (Å²) in [7, 11) is 0. The first-order valence-electron chi connectivity index (χ1n) is 6.22. The fraction of sp³-hybridized carbons (Fsp3) is 0.615. The van der Waals surface area contributed by atoms with Gasteiger partial charge in [-0.1, -0.05) is 13.0 Å². The Bertz CT molecular complexity index is 311. The highest BCUT2D eigenvalue weighted by atomic mass is 16.3. The van der Waals surface area contributed by atoms with Crippen molar-refractivity contribution in [3.63, 3.8) is 0 Å². The van der Waals surface area contributed by atoms with Crippen LogP contribution in [0, 0.1) is 0 Å². The molecule has 0 aliphatic carbocycles. The maximum Gasteiger partial charge on any atom is 0.128 e. The minimum Gasteiger partial charge on any atom is -0.395 e. The van der Waals surface area contributed by atoms with Gasteiger partial charge in [0.1, 0.15) is 5.82 Å². The van der Waals surface area contributed by atoms with Crippen LogP contribution in [0.5, 0.6) is 0 Å². The number of anilines is 1. The van der Waals surface area contributed by atoms with Crippen molar-refractivity contribution >= 4 is 5.82 Å². The molecule has 1 heterocycles. The molecular formula is C13H23N3O. The van der Waals surface area contributed by atoms with Crippen LogP contribution < -0.4 is 10.2 Å². The Morgan fingerprint density at radius 1 is 1.41 bits per heavy atom. The molecule has 1 rings (SSSR count). The van der Waals surface area contributed by atoms with Gasteiger partial charge in [0.05, 0.1) is 6.61 Å². The molecule has 1 aromatic heterocycles. The van der Waals surface area contributed by atoms with E-state index >= 15 is 0 Å². The molecule has 0 radical (unpaired) electrons. The summed E-state index contributed by atoms with van der Waals surface area (Å²) in [4.78, 5) is 6.54. The average molecular weight is 237 g/mol. The topological polar surface area (TPSA) is 48.4 Å². The highest BCUT2D eigenvalue weighted by molar-refractivity contribution is 5.40. The Morgan fingerprint density at radius 3 is 2.65 bits per heavy atom.